The van der Waals surface area contributed by atoms with E-state index >= 15 is 0 Å². The third-order valence-electron chi connectivity index (χ3n) is 3.22. The Hall–Kier alpha value is -1.99. The van der Waals surface area contributed by atoms with Gasteiger partial charge in [-0.3, -0.25) is 10.1 Å². The minimum Gasteiger partial charge on any atom is -0.396 e. The van der Waals surface area contributed by atoms with E-state index in [0.717, 1.165) is 10.7 Å². The van der Waals surface area contributed by atoms with Gasteiger partial charge in [-0.15, -0.1) is 10.2 Å². The summed E-state index contributed by atoms with van der Waals surface area (Å²) in [5.41, 5.74) is 0.955. The number of aromatic nitrogens is 2. The second-order valence-corrected chi connectivity index (χ2v) is 6.49. The molecule has 1 aromatic heterocycles. The molecule has 0 fully saturated rings. The highest BCUT2D eigenvalue weighted by molar-refractivity contribution is 7.15. The summed E-state index contributed by atoms with van der Waals surface area (Å²) in [7, 11) is 0. The van der Waals surface area contributed by atoms with Gasteiger partial charge in [-0.1, -0.05) is 43.4 Å². The summed E-state index contributed by atoms with van der Waals surface area (Å²) >= 11 is 1.40. The number of aliphatic hydroxyl groups is 1. The van der Waals surface area contributed by atoms with Crippen LogP contribution in [0.25, 0.3) is 0 Å². The number of anilines is 2. The zero-order valence-electron chi connectivity index (χ0n) is 13.4. The number of amides is 1. The van der Waals surface area contributed by atoms with Crippen LogP contribution in [0.2, 0.25) is 0 Å². The van der Waals surface area contributed by atoms with Gasteiger partial charge in [-0.05, 0) is 18.6 Å². The fourth-order valence-corrected chi connectivity index (χ4v) is 2.81. The predicted molar refractivity (Wildman–Crippen MR) is 93.0 cm³/mol. The third kappa shape index (κ3) is 5.30. The molecule has 0 radical (unpaired) electrons. The van der Waals surface area contributed by atoms with Crippen LogP contribution < -0.4 is 10.2 Å². The van der Waals surface area contributed by atoms with Crippen LogP contribution in [0.5, 0.6) is 0 Å². The number of rotatable bonds is 8. The van der Waals surface area contributed by atoms with E-state index in [-0.39, 0.29) is 19.1 Å². The highest BCUT2D eigenvalue weighted by atomic mass is 32.1. The number of carbonyl (C=O) groups excluding carboxylic acids is 1. The van der Waals surface area contributed by atoms with Gasteiger partial charge in [0.25, 0.3) is 0 Å². The number of nitrogens with one attached hydrogen (secondary N) is 1. The number of carbonyl (C=O) groups is 1. The lowest BCUT2D eigenvalue weighted by molar-refractivity contribution is -0.115. The quantitative estimate of drug-likeness (QED) is 0.775. The van der Waals surface area contributed by atoms with Crippen LogP contribution in [0.15, 0.2) is 30.3 Å². The molecule has 0 aliphatic rings. The van der Waals surface area contributed by atoms with E-state index in [0.29, 0.717) is 24.0 Å². The Morgan fingerprint density at radius 2 is 2.04 bits per heavy atom. The van der Waals surface area contributed by atoms with E-state index in [1.165, 1.54) is 11.3 Å². The first kappa shape index (κ1) is 17.4. The second kappa shape index (κ2) is 8.59. The van der Waals surface area contributed by atoms with Crippen LogP contribution in [0.4, 0.5) is 10.8 Å². The maximum atomic E-state index is 12.3. The molecule has 0 aliphatic heterocycles. The summed E-state index contributed by atoms with van der Waals surface area (Å²) in [6, 6.07) is 9.69. The highest BCUT2D eigenvalue weighted by Gasteiger charge is 2.14. The summed E-state index contributed by atoms with van der Waals surface area (Å²) in [6.45, 7) is 5.00. The van der Waals surface area contributed by atoms with E-state index in [4.69, 9.17) is 5.11 Å². The van der Waals surface area contributed by atoms with Crippen molar-refractivity contribution in [2.24, 2.45) is 0 Å². The predicted octanol–water partition coefficient (Wildman–Crippen LogP) is 2.49. The number of para-hydroxylation sites is 1. The minimum absolute atomic E-state index is 0.0963. The van der Waals surface area contributed by atoms with Gasteiger partial charge in [-0.2, -0.15) is 0 Å². The van der Waals surface area contributed by atoms with Crippen molar-refractivity contribution < 1.29 is 9.90 Å². The van der Waals surface area contributed by atoms with Gasteiger partial charge < -0.3 is 10.0 Å². The van der Waals surface area contributed by atoms with Crippen molar-refractivity contribution >= 4 is 28.1 Å². The zero-order valence-corrected chi connectivity index (χ0v) is 14.2. The van der Waals surface area contributed by atoms with Gasteiger partial charge in [0.15, 0.2) is 0 Å². The minimum atomic E-state index is -0.141. The summed E-state index contributed by atoms with van der Waals surface area (Å²) in [4.78, 5) is 14.2. The average molecular weight is 334 g/mol. The van der Waals surface area contributed by atoms with Crippen LogP contribution in [0, 0.1) is 0 Å². The Kier molecular flexibility index (Phi) is 6.49. The molecule has 2 rings (SSSR count). The molecule has 0 bridgehead atoms. The molecule has 1 amide bonds. The molecule has 0 unspecified atom stereocenters. The monoisotopic (exact) mass is 334 g/mol. The Balaban J connectivity index is 1.99. The Labute approximate surface area is 140 Å². The topological polar surface area (TPSA) is 78.4 Å². The molecule has 1 aromatic carbocycles. The first-order valence-corrected chi connectivity index (χ1v) is 8.46. The van der Waals surface area contributed by atoms with Gasteiger partial charge in [0.05, 0.1) is 6.54 Å². The van der Waals surface area contributed by atoms with Gasteiger partial charge >= 0.3 is 0 Å². The molecular formula is C16H22N4O2S. The van der Waals surface area contributed by atoms with E-state index < -0.39 is 0 Å². The lowest BCUT2D eigenvalue weighted by Gasteiger charge is -2.23. The maximum absolute atomic E-state index is 12.3. The van der Waals surface area contributed by atoms with Crippen molar-refractivity contribution in [3.63, 3.8) is 0 Å². The third-order valence-corrected chi connectivity index (χ3v) is 4.36. The first-order valence-electron chi connectivity index (χ1n) is 7.64. The second-order valence-electron chi connectivity index (χ2n) is 5.48. The van der Waals surface area contributed by atoms with Crippen LogP contribution in [-0.4, -0.2) is 40.9 Å². The fraction of sp³-hybridized carbons (Fsp3) is 0.438. The smallest absolute Gasteiger partial charge is 0.245 e. The molecular weight excluding hydrogens is 312 g/mol. The molecule has 0 saturated carbocycles. The van der Waals surface area contributed by atoms with Crippen molar-refractivity contribution in [1.82, 2.24) is 10.2 Å². The van der Waals surface area contributed by atoms with Gasteiger partial charge in [-0.25, -0.2) is 0 Å². The Bertz CT molecular complexity index is 616. The summed E-state index contributed by atoms with van der Waals surface area (Å²) < 4.78 is 0. The lowest BCUT2D eigenvalue weighted by atomic mass is 10.2. The molecule has 0 atom stereocenters. The van der Waals surface area contributed by atoms with Crippen molar-refractivity contribution in [3.8, 4) is 0 Å². The summed E-state index contributed by atoms with van der Waals surface area (Å²) in [5, 5.41) is 21.3. The van der Waals surface area contributed by atoms with Crippen molar-refractivity contribution in [3.05, 3.63) is 35.3 Å². The van der Waals surface area contributed by atoms with E-state index in [1.807, 2.05) is 49.1 Å². The van der Waals surface area contributed by atoms with Crippen LogP contribution in [-0.2, 0) is 4.79 Å². The number of benzene rings is 1. The summed E-state index contributed by atoms with van der Waals surface area (Å²) in [6.07, 6.45) is 0.610. The molecule has 7 heteroatoms. The molecule has 2 aromatic rings. The van der Waals surface area contributed by atoms with Crippen LogP contribution in [0.3, 0.4) is 0 Å². The van der Waals surface area contributed by atoms with Gasteiger partial charge in [0.2, 0.25) is 11.0 Å². The maximum Gasteiger partial charge on any atom is 0.245 e. The Morgan fingerprint density at radius 1 is 1.30 bits per heavy atom. The average Bonchev–Trinajstić information content (AvgIpc) is 3.01. The molecule has 23 heavy (non-hydrogen) atoms. The van der Waals surface area contributed by atoms with Crippen LogP contribution >= 0.6 is 11.3 Å². The molecule has 0 spiro atoms. The Morgan fingerprint density at radius 3 is 2.65 bits per heavy atom. The van der Waals surface area contributed by atoms with E-state index in [2.05, 4.69) is 15.5 Å². The molecule has 6 nitrogen and oxygen atoms in total. The molecule has 2 N–H and O–H groups in total. The van der Waals surface area contributed by atoms with E-state index in [9.17, 15) is 4.79 Å². The van der Waals surface area contributed by atoms with Crippen molar-refractivity contribution in [2.45, 2.75) is 26.2 Å². The number of hydrogen-bond donors (Lipinski definition) is 2. The van der Waals surface area contributed by atoms with E-state index in [1.54, 1.807) is 0 Å². The standard InChI is InChI=1S/C16H22N4O2S/c1-12(2)15-18-19-16(23-15)17-14(22)11-20(9-6-10-21)13-7-4-3-5-8-13/h3-5,7-8,12,21H,6,9-11H2,1-2H3,(H,17,19,22). The fourth-order valence-electron chi connectivity index (χ4n) is 2.05. The van der Waals surface area contributed by atoms with Gasteiger partial charge in [0.1, 0.15) is 5.01 Å². The number of aliphatic hydroxyl groups excluding tert-OH is 1. The highest BCUT2D eigenvalue weighted by Crippen LogP contribution is 2.22. The normalized spacial score (nSPS) is 10.8. The SMILES string of the molecule is CC(C)c1nnc(NC(=O)CN(CCCO)c2ccccc2)s1. The van der Waals surface area contributed by atoms with Gasteiger partial charge in [0, 0.05) is 24.8 Å². The van der Waals surface area contributed by atoms with Crippen molar-refractivity contribution in [2.75, 3.05) is 29.9 Å². The number of nitrogens with zero attached hydrogens (tertiary/aromatic N) is 3. The largest absolute Gasteiger partial charge is 0.396 e. The number of hydrogen-bond acceptors (Lipinski definition) is 6. The lowest BCUT2D eigenvalue weighted by Crippen LogP contribution is -2.34. The first-order chi connectivity index (χ1) is 11.1. The van der Waals surface area contributed by atoms with Crippen molar-refractivity contribution in [1.29, 1.82) is 0 Å². The molecule has 1 heterocycles. The molecule has 0 saturated heterocycles. The molecule has 0 aliphatic carbocycles. The summed E-state index contributed by atoms with van der Waals surface area (Å²) in [5.74, 6) is 0.154. The zero-order chi connectivity index (χ0) is 16.7. The van der Waals surface area contributed by atoms with Crippen LogP contribution in [0.1, 0.15) is 31.2 Å². The molecule has 124 valence electrons.